The molecule has 2 aromatic rings. The van der Waals surface area contributed by atoms with Crippen molar-refractivity contribution in [1.29, 1.82) is 0 Å². The van der Waals surface area contributed by atoms with E-state index >= 15 is 0 Å². The lowest BCUT2D eigenvalue weighted by molar-refractivity contribution is -0.139. The molecule has 0 radical (unpaired) electrons. The first-order valence-corrected chi connectivity index (χ1v) is 9.42. The highest BCUT2D eigenvalue weighted by Crippen LogP contribution is 2.33. The van der Waals surface area contributed by atoms with Crippen molar-refractivity contribution in [3.63, 3.8) is 0 Å². The summed E-state index contributed by atoms with van der Waals surface area (Å²) in [5.41, 5.74) is -0.266. The molecule has 0 atom stereocenters. The Balaban J connectivity index is 1.37. The number of carboxylic acids is 1. The summed E-state index contributed by atoms with van der Waals surface area (Å²) in [6.45, 7) is 0.853. The third-order valence-electron chi connectivity index (χ3n) is 5.48. The monoisotopic (exact) mass is 386 g/mol. The maximum absolute atomic E-state index is 12.5. The molecule has 9 heteroatoms. The fourth-order valence-electron chi connectivity index (χ4n) is 3.68. The van der Waals surface area contributed by atoms with Gasteiger partial charge >= 0.3 is 17.1 Å². The summed E-state index contributed by atoms with van der Waals surface area (Å²) in [6.07, 6.45) is 3.78. The van der Waals surface area contributed by atoms with Gasteiger partial charge < -0.3 is 20.4 Å². The number of hydrogen-bond acceptors (Lipinski definition) is 5. The van der Waals surface area contributed by atoms with Crippen LogP contribution in [-0.4, -0.2) is 57.0 Å². The van der Waals surface area contributed by atoms with Gasteiger partial charge in [-0.2, -0.15) is 0 Å². The number of carbonyl (C=O) groups excluding carboxylic acids is 1. The number of carbonyl (C=O) groups is 2. The molecule has 2 fully saturated rings. The predicted octanol–water partition coefficient (Wildman–Crippen LogP) is 0.274. The number of rotatable bonds is 7. The molecular formula is C19H22N4O5. The van der Waals surface area contributed by atoms with E-state index in [-0.39, 0.29) is 24.5 Å². The maximum Gasteiger partial charge on any atom is 0.317 e. The number of aliphatic carboxylic acids is 1. The number of carboxylic acid groups (broad SMARTS) is 1. The first kappa shape index (κ1) is 18.4. The lowest BCUT2D eigenvalue weighted by Crippen LogP contribution is -2.55. The lowest BCUT2D eigenvalue weighted by Gasteiger charge is -2.42. The summed E-state index contributed by atoms with van der Waals surface area (Å²) in [4.78, 5) is 53.3. The zero-order valence-corrected chi connectivity index (χ0v) is 15.2. The largest absolute Gasteiger partial charge is 0.480 e. The SMILES string of the molecule is O=C(O)CN(CC1CC1)C1CC(NC(=O)c2ccc3[nH]c(=O)c(=O)[nH]c3c2)C1. The van der Waals surface area contributed by atoms with Gasteiger partial charge in [0, 0.05) is 24.2 Å². The molecule has 0 spiro atoms. The molecule has 4 rings (SSSR count). The Hall–Kier alpha value is -2.94. The smallest absolute Gasteiger partial charge is 0.317 e. The molecule has 0 aliphatic heterocycles. The highest BCUT2D eigenvalue weighted by molar-refractivity contribution is 5.97. The first-order valence-electron chi connectivity index (χ1n) is 9.42. The summed E-state index contributed by atoms with van der Waals surface area (Å²) in [7, 11) is 0. The van der Waals surface area contributed by atoms with Crippen LogP contribution in [-0.2, 0) is 4.79 Å². The van der Waals surface area contributed by atoms with Crippen LogP contribution < -0.4 is 16.4 Å². The molecule has 148 valence electrons. The number of aromatic amines is 2. The van der Waals surface area contributed by atoms with Crippen LogP contribution in [0.3, 0.4) is 0 Å². The van der Waals surface area contributed by atoms with E-state index in [9.17, 15) is 19.2 Å². The first-order chi connectivity index (χ1) is 13.4. The molecule has 1 amide bonds. The minimum Gasteiger partial charge on any atom is -0.480 e. The van der Waals surface area contributed by atoms with Crippen LogP contribution in [0.15, 0.2) is 27.8 Å². The van der Waals surface area contributed by atoms with E-state index in [1.807, 2.05) is 4.90 Å². The molecular weight excluding hydrogens is 364 g/mol. The van der Waals surface area contributed by atoms with Crippen LogP contribution in [0.1, 0.15) is 36.0 Å². The number of nitrogens with one attached hydrogen (secondary N) is 3. The minimum atomic E-state index is -0.823. The third kappa shape index (κ3) is 3.99. The van der Waals surface area contributed by atoms with E-state index in [0.717, 1.165) is 19.4 Å². The molecule has 2 aliphatic rings. The van der Waals surface area contributed by atoms with E-state index in [1.54, 1.807) is 12.1 Å². The Labute approximate surface area is 159 Å². The summed E-state index contributed by atoms with van der Waals surface area (Å²) >= 11 is 0. The molecule has 0 saturated heterocycles. The van der Waals surface area contributed by atoms with Crippen molar-refractivity contribution >= 4 is 22.9 Å². The summed E-state index contributed by atoms with van der Waals surface area (Å²) in [5.74, 6) is -0.472. The van der Waals surface area contributed by atoms with Gasteiger partial charge in [0.2, 0.25) is 0 Å². The number of amides is 1. The molecule has 28 heavy (non-hydrogen) atoms. The number of fused-ring (bicyclic) bond motifs is 1. The van der Waals surface area contributed by atoms with Gasteiger partial charge in [0.1, 0.15) is 0 Å². The number of H-pyrrole nitrogens is 2. The Morgan fingerprint density at radius 1 is 1.11 bits per heavy atom. The molecule has 9 nitrogen and oxygen atoms in total. The third-order valence-corrected chi connectivity index (χ3v) is 5.48. The summed E-state index contributed by atoms with van der Waals surface area (Å²) in [6, 6.07) is 4.88. The summed E-state index contributed by atoms with van der Waals surface area (Å²) in [5, 5.41) is 12.1. The fraction of sp³-hybridized carbons (Fsp3) is 0.474. The lowest BCUT2D eigenvalue weighted by atomic mass is 9.85. The van der Waals surface area contributed by atoms with Crippen LogP contribution in [0.5, 0.6) is 0 Å². The summed E-state index contributed by atoms with van der Waals surface area (Å²) < 4.78 is 0. The Morgan fingerprint density at radius 3 is 2.43 bits per heavy atom. The Bertz CT molecular complexity index is 1030. The Kier molecular flexibility index (Phi) is 4.76. The van der Waals surface area contributed by atoms with Crippen LogP contribution >= 0.6 is 0 Å². The van der Waals surface area contributed by atoms with Crippen LogP contribution in [0.2, 0.25) is 0 Å². The second-order valence-electron chi connectivity index (χ2n) is 7.73. The van der Waals surface area contributed by atoms with E-state index < -0.39 is 17.1 Å². The Morgan fingerprint density at radius 2 is 1.79 bits per heavy atom. The van der Waals surface area contributed by atoms with Crippen LogP contribution in [0.25, 0.3) is 11.0 Å². The van der Waals surface area contributed by atoms with Gasteiger partial charge in [-0.15, -0.1) is 0 Å². The molecule has 2 saturated carbocycles. The van der Waals surface area contributed by atoms with E-state index in [2.05, 4.69) is 15.3 Å². The second kappa shape index (κ2) is 7.23. The van der Waals surface area contributed by atoms with Gasteiger partial charge in [-0.1, -0.05) is 0 Å². The molecule has 0 bridgehead atoms. The molecule has 1 aromatic carbocycles. The van der Waals surface area contributed by atoms with E-state index in [0.29, 0.717) is 22.5 Å². The van der Waals surface area contributed by atoms with Gasteiger partial charge in [0.25, 0.3) is 5.91 Å². The quantitative estimate of drug-likeness (QED) is 0.505. The van der Waals surface area contributed by atoms with E-state index in [1.165, 1.54) is 18.9 Å². The normalized spacial score (nSPS) is 21.5. The molecule has 1 aromatic heterocycles. The van der Waals surface area contributed by atoms with Crippen molar-refractivity contribution in [1.82, 2.24) is 20.2 Å². The zero-order valence-electron chi connectivity index (χ0n) is 15.2. The number of nitrogens with zero attached hydrogens (tertiary/aromatic N) is 1. The molecule has 1 heterocycles. The minimum absolute atomic E-state index is 0.00155. The second-order valence-corrected chi connectivity index (χ2v) is 7.73. The predicted molar refractivity (Wildman–Crippen MR) is 101 cm³/mol. The number of benzene rings is 1. The highest BCUT2D eigenvalue weighted by atomic mass is 16.4. The van der Waals surface area contributed by atoms with Crippen molar-refractivity contribution < 1.29 is 14.7 Å². The zero-order chi connectivity index (χ0) is 19.8. The van der Waals surface area contributed by atoms with Gasteiger partial charge in [0.15, 0.2) is 0 Å². The van der Waals surface area contributed by atoms with Crippen LogP contribution in [0, 0.1) is 5.92 Å². The van der Waals surface area contributed by atoms with Gasteiger partial charge in [0.05, 0.1) is 17.6 Å². The molecule has 2 aliphatic carbocycles. The van der Waals surface area contributed by atoms with Gasteiger partial charge in [-0.3, -0.25) is 24.1 Å². The van der Waals surface area contributed by atoms with Crippen molar-refractivity contribution in [2.45, 2.75) is 37.8 Å². The highest BCUT2D eigenvalue weighted by Gasteiger charge is 2.37. The maximum atomic E-state index is 12.5. The average Bonchev–Trinajstić information content (AvgIpc) is 3.41. The van der Waals surface area contributed by atoms with Crippen molar-refractivity contribution in [2.24, 2.45) is 5.92 Å². The van der Waals surface area contributed by atoms with Crippen molar-refractivity contribution in [2.75, 3.05) is 13.1 Å². The van der Waals surface area contributed by atoms with E-state index in [4.69, 9.17) is 5.11 Å². The topological polar surface area (TPSA) is 135 Å². The fourth-order valence-corrected chi connectivity index (χ4v) is 3.68. The molecule has 0 unspecified atom stereocenters. The van der Waals surface area contributed by atoms with Crippen molar-refractivity contribution in [3.8, 4) is 0 Å². The van der Waals surface area contributed by atoms with Crippen molar-refractivity contribution in [3.05, 3.63) is 44.5 Å². The van der Waals surface area contributed by atoms with Crippen LogP contribution in [0.4, 0.5) is 0 Å². The number of aromatic nitrogens is 2. The average molecular weight is 386 g/mol. The van der Waals surface area contributed by atoms with Gasteiger partial charge in [-0.25, -0.2) is 0 Å². The molecule has 4 N–H and O–H groups in total. The van der Waals surface area contributed by atoms with Gasteiger partial charge in [-0.05, 0) is 49.8 Å². The number of hydrogen-bond donors (Lipinski definition) is 4. The standard InChI is InChI=1S/C19H22N4O5/c24-16(25)9-23(8-10-1-2-10)13-6-12(7-13)20-17(26)11-3-4-14-15(5-11)22-19(28)18(27)21-14/h3-5,10,12-13H,1-2,6-9H2,(H,20,26)(H,21,27)(H,22,28)(H,24,25).